The zero-order valence-corrected chi connectivity index (χ0v) is 17.2. The Hall–Kier alpha value is -3.73. The van der Waals surface area contributed by atoms with Crippen LogP contribution < -0.4 is 20.1 Å². The zero-order valence-electron chi connectivity index (χ0n) is 15.6. The van der Waals surface area contributed by atoms with Gasteiger partial charge in [0, 0.05) is 16.3 Å². The third-order valence-electron chi connectivity index (χ3n) is 4.29. The number of nitro benzene ring substituents is 1. The van der Waals surface area contributed by atoms with Crippen molar-refractivity contribution in [1.82, 2.24) is 5.32 Å². The molecule has 0 radical (unpaired) electrons. The first-order valence-corrected chi connectivity index (χ1v) is 9.14. The van der Waals surface area contributed by atoms with E-state index < -0.39 is 39.8 Å². The number of benzene rings is 2. The molecule has 2 aromatic carbocycles. The van der Waals surface area contributed by atoms with Crippen LogP contribution in [-0.2, 0) is 9.59 Å². The normalized spacial score (nSPS) is 15.4. The molecular weight excluding hydrogens is 462 g/mol. The number of halogens is 1. The summed E-state index contributed by atoms with van der Waals surface area (Å²) in [7, 11) is 1.16. The fraction of sp³-hybridized carbons (Fsp3) is 0.105. The van der Waals surface area contributed by atoms with Crippen molar-refractivity contribution < 1.29 is 29.2 Å². The van der Waals surface area contributed by atoms with E-state index >= 15 is 0 Å². The van der Waals surface area contributed by atoms with Crippen molar-refractivity contribution in [2.75, 3.05) is 12.0 Å². The van der Waals surface area contributed by atoms with Crippen LogP contribution in [0.3, 0.4) is 0 Å². The highest BCUT2D eigenvalue weighted by molar-refractivity contribution is 9.10. The summed E-state index contributed by atoms with van der Waals surface area (Å²) in [6.45, 7) is 1.76. The smallest absolute Gasteiger partial charge is 0.335 e. The fourth-order valence-electron chi connectivity index (χ4n) is 2.81. The van der Waals surface area contributed by atoms with Crippen LogP contribution in [0.1, 0.15) is 11.1 Å². The number of imide groups is 2. The summed E-state index contributed by atoms with van der Waals surface area (Å²) < 4.78 is 5.61. The number of hydrogen-bond acceptors (Lipinski definition) is 7. The molecule has 2 aromatic rings. The van der Waals surface area contributed by atoms with Crippen LogP contribution in [0.2, 0.25) is 0 Å². The number of methoxy groups -OCH3 is 1. The van der Waals surface area contributed by atoms with E-state index in [0.717, 1.165) is 40.3 Å². The van der Waals surface area contributed by atoms with Crippen molar-refractivity contribution in [3.05, 3.63) is 61.6 Å². The lowest BCUT2D eigenvalue weighted by Gasteiger charge is -2.26. The SMILES string of the molecule is COc1cc(/C=C2\C(=O)NC(=O)N(c3ccc(Br)c(C)c3)C2=O)cc([N+](=O)[O-])c1[O-]. The monoisotopic (exact) mass is 474 g/mol. The minimum atomic E-state index is -0.970. The van der Waals surface area contributed by atoms with Crippen LogP contribution >= 0.6 is 15.9 Å². The Morgan fingerprint density at radius 2 is 1.90 bits per heavy atom. The van der Waals surface area contributed by atoms with E-state index in [1.54, 1.807) is 19.1 Å². The highest BCUT2D eigenvalue weighted by Crippen LogP contribution is 2.35. The Labute approximate surface area is 178 Å². The summed E-state index contributed by atoms with van der Waals surface area (Å²) in [6, 6.07) is 5.89. The Morgan fingerprint density at radius 3 is 2.50 bits per heavy atom. The molecule has 154 valence electrons. The summed E-state index contributed by atoms with van der Waals surface area (Å²) in [4.78, 5) is 48.5. The molecule has 0 bridgehead atoms. The van der Waals surface area contributed by atoms with E-state index in [0.29, 0.717) is 0 Å². The van der Waals surface area contributed by atoms with Crippen molar-refractivity contribution in [1.29, 1.82) is 0 Å². The first-order chi connectivity index (χ1) is 14.1. The lowest BCUT2D eigenvalue weighted by molar-refractivity contribution is -0.398. The lowest BCUT2D eigenvalue weighted by Crippen LogP contribution is -2.54. The number of urea groups is 1. The lowest BCUT2D eigenvalue weighted by atomic mass is 10.1. The molecule has 0 unspecified atom stereocenters. The molecule has 4 amide bonds. The van der Waals surface area contributed by atoms with Crippen LogP contribution in [0, 0.1) is 17.0 Å². The first kappa shape index (κ1) is 21.0. The minimum absolute atomic E-state index is 0.0120. The Morgan fingerprint density at radius 1 is 1.20 bits per heavy atom. The van der Waals surface area contributed by atoms with Gasteiger partial charge in [0.1, 0.15) is 11.3 Å². The van der Waals surface area contributed by atoms with E-state index in [4.69, 9.17) is 4.74 Å². The van der Waals surface area contributed by atoms with Gasteiger partial charge in [0.15, 0.2) is 0 Å². The molecule has 0 aliphatic carbocycles. The van der Waals surface area contributed by atoms with E-state index in [1.165, 1.54) is 6.07 Å². The van der Waals surface area contributed by atoms with Crippen molar-refractivity contribution in [2.45, 2.75) is 6.92 Å². The van der Waals surface area contributed by atoms with Gasteiger partial charge in [-0.25, -0.2) is 9.69 Å². The summed E-state index contributed by atoms with van der Waals surface area (Å²) in [5, 5.41) is 25.2. The standard InChI is InChI=1S/C19H14BrN3O7/c1-9-5-11(3-4-13(9)20)22-18(26)12(17(25)21-19(22)27)6-10-7-14(23(28)29)16(24)15(8-10)30-2/h3-8,24H,1-2H3,(H,21,25,27)/p-1/b12-6+. The quantitative estimate of drug-likeness (QED) is 0.310. The van der Waals surface area contributed by atoms with Gasteiger partial charge in [-0.1, -0.05) is 15.9 Å². The average molecular weight is 475 g/mol. The first-order valence-electron chi connectivity index (χ1n) is 8.35. The maximum atomic E-state index is 12.9. The predicted molar refractivity (Wildman–Crippen MR) is 107 cm³/mol. The van der Waals surface area contributed by atoms with Crippen LogP contribution in [0.5, 0.6) is 11.5 Å². The van der Waals surface area contributed by atoms with Crippen molar-refractivity contribution in [3.8, 4) is 11.5 Å². The predicted octanol–water partition coefficient (Wildman–Crippen LogP) is 2.41. The van der Waals surface area contributed by atoms with E-state index in [9.17, 15) is 29.6 Å². The maximum Gasteiger partial charge on any atom is 0.335 e. The van der Waals surface area contributed by atoms with Gasteiger partial charge >= 0.3 is 6.03 Å². The molecule has 1 N–H and O–H groups in total. The van der Waals surface area contributed by atoms with E-state index in [2.05, 4.69) is 21.2 Å². The van der Waals surface area contributed by atoms with E-state index in [1.807, 2.05) is 0 Å². The fourth-order valence-corrected chi connectivity index (χ4v) is 3.05. The Bertz CT molecular complexity index is 1140. The van der Waals surface area contributed by atoms with Crippen LogP contribution in [0.15, 0.2) is 40.4 Å². The molecule has 3 rings (SSSR count). The second kappa shape index (κ2) is 7.95. The minimum Gasteiger partial charge on any atom is -0.865 e. The summed E-state index contributed by atoms with van der Waals surface area (Å²) in [6.07, 6.45) is 1.05. The van der Waals surface area contributed by atoms with Crippen molar-refractivity contribution in [2.24, 2.45) is 0 Å². The summed E-state index contributed by atoms with van der Waals surface area (Å²) in [5.74, 6) is -3.15. The molecule has 1 heterocycles. The van der Waals surface area contributed by atoms with Crippen LogP contribution in [0.4, 0.5) is 16.2 Å². The molecule has 0 atom stereocenters. The van der Waals surface area contributed by atoms with Gasteiger partial charge < -0.3 is 9.84 Å². The van der Waals surface area contributed by atoms with Crippen molar-refractivity contribution >= 4 is 51.2 Å². The summed E-state index contributed by atoms with van der Waals surface area (Å²) >= 11 is 3.33. The number of hydrogen-bond donors (Lipinski definition) is 1. The Kier molecular flexibility index (Phi) is 5.56. The zero-order chi connectivity index (χ0) is 22.2. The molecule has 10 nitrogen and oxygen atoms in total. The third kappa shape index (κ3) is 3.74. The topological polar surface area (TPSA) is 142 Å². The second-order valence-electron chi connectivity index (χ2n) is 6.22. The van der Waals surface area contributed by atoms with Gasteiger partial charge in [-0.15, -0.1) is 0 Å². The number of nitrogens with one attached hydrogen (secondary N) is 1. The number of nitro groups is 1. The van der Waals surface area contributed by atoms with Crippen molar-refractivity contribution in [3.63, 3.8) is 0 Å². The summed E-state index contributed by atoms with van der Waals surface area (Å²) in [5.41, 5.74) is -0.221. The molecule has 0 saturated carbocycles. The Balaban J connectivity index is 2.10. The molecule has 1 saturated heterocycles. The number of amides is 4. The van der Waals surface area contributed by atoms with Crippen LogP contribution in [0.25, 0.3) is 6.08 Å². The van der Waals surface area contributed by atoms with E-state index in [-0.39, 0.29) is 17.0 Å². The number of carbonyl (C=O) groups is 3. The molecule has 11 heteroatoms. The third-order valence-corrected chi connectivity index (χ3v) is 5.18. The largest absolute Gasteiger partial charge is 0.865 e. The molecule has 1 fully saturated rings. The second-order valence-corrected chi connectivity index (χ2v) is 7.07. The van der Waals surface area contributed by atoms with Gasteiger partial charge in [-0.3, -0.25) is 25.0 Å². The van der Waals surface area contributed by atoms with Gasteiger partial charge in [0.05, 0.1) is 17.7 Å². The average Bonchev–Trinajstić information content (AvgIpc) is 2.68. The highest BCUT2D eigenvalue weighted by atomic mass is 79.9. The number of barbiturate groups is 1. The molecule has 0 spiro atoms. The highest BCUT2D eigenvalue weighted by Gasteiger charge is 2.37. The number of aryl methyl sites for hydroxylation is 1. The molecule has 1 aliphatic heterocycles. The van der Waals surface area contributed by atoms with Gasteiger partial charge in [-0.05, 0) is 48.4 Å². The maximum absolute atomic E-state index is 12.9. The van der Waals surface area contributed by atoms with Gasteiger partial charge in [-0.2, -0.15) is 0 Å². The molecular formula is C19H13BrN3O7-. The van der Waals surface area contributed by atoms with Gasteiger partial charge in [0.25, 0.3) is 17.5 Å². The number of nitrogens with zero attached hydrogens (tertiary/aromatic N) is 2. The van der Waals surface area contributed by atoms with Gasteiger partial charge in [0.2, 0.25) is 0 Å². The molecule has 30 heavy (non-hydrogen) atoms. The number of ether oxygens (including phenoxy) is 1. The van der Waals surface area contributed by atoms with Crippen LogP contribution in [-0.4, -0.2) is 29.9 Å². The molecule has 1 aliphatic rings. The number of anilines is 1. The molecule has 0 aromatic heterocycles. The number of carbonyl (C=O) groups excluding carboxylic acids is 3. The number of rotatable bonds is 4.